The van der Waals surface area contributed by atoms with Crippen molar-refractivity contribution >= 4 is 11.9 Å². The Morgan fingerprint density at radius 1 is 0.287 bits per heavy atom. The third-order valence-electron chi connectivity index (χ3n) is 21.1. The second kappa shape index (κ2) is 84.0. The van der Waals surface area contributed by atoms with E-state index < -0.39 is 12.1 Å². The molecule has 6 nitrogen and oxygen atoms in total. The minimum atomic E-state index is -0.661. The Morgan fingerprint density at radius 3 is 0.755 bits per heavy atom. The van der Waals surface area contributed by atoms with Gasteiger partial charge in [-0.2, -0.15) is 0 Å². The van der Waals surface area contributed by atoms with Gasteiger partial charge in [0, 0.05) is 12.8 Å². The van der Waals surface area contributed by atoms with Gasteiger partial charge in [0.25, 0.3) is 0 Å². The van der Waals surface area contributed by atoms with Crippen LogP contribution in [0.2, 0.25) is 0 Å². The number of aliphatic hydroxyl groups excluding tert-OH is 2. The zero-order valence-corrected chi connectivity index (χ0v) is 64.5. The van der Waals surface area contributed by atoms with Gasteiger partial charge in [-0.1, -0.05) is 463 Å². The first kappa shape index (κ1) is 92.6. The summed E-state index contributed by atoms with van der Waals surface area (Å²) in [4.78, 5) is 24.7. The molecule has 6 heteroatoms. The van der Waals surface area contributed by atoms with Crippen LogP contribution >= 0.6 is 0 Å². The fourth-order valence-electron chi connectivity index (χ4n) is 14.4. The summed E-state index contributed by atoms with van der Waals surface area (Å²) < 4.78 is 5.50. The monoisotopic (exact) mass is 1320 g/mol. The summed E-state index contributed by atoms with van der Waals surface area (Å²) in [5, 5.41) is 23.5. The molecule has 0 heterocycles. The normalized spacial score (nSPS) is 12.4. The minimum Gasteiger partial charge on any atom is -0.466 e. The maximum Gasteiger partial charge on any atom is 0.305 e. The molecule has 0 fully saturated rings. The molecule has 2 atom stereocenters. The van der Waals surface area contributed by atoms with Crippen molar-refractivity contribution in [3.8, 4) is 0 Å². The van der Waals surface area contributed by atoms with Gasteiger partial charge in [-0.15, -0.1) is 0 Å². The first-order chi connectivity index (χ1) is 46.5. The number of carbonyl (C=O) groups is 2. The van der Waals surface area contributed by atoms with Gasteiger partial charge in [0.1, 0.15) is 0 Å². The van der Waals surface area contributed by atoms with E-state index in [1.807, 2.05) is 0 Å². The molecular formula is C88H173NO5. The van der Waals surface area contributed by atoms with Crippen LogP contribution in [0.25, 0.3) is 0 Å². The van der Waals surface area contributed by atoms with E-state index in [1.165, 1.54) is 437 Å². The number of esters is 1. The molecule has 0 rings (SSSR count). The Balaban J connectivity index is 3.30. The second-order valence-corrected chi connectivity index (χ2v) is 30.6. The number of carbonyl (C=O) groups excluding carboxylic acids is 2. The van der Waals surface area contributed by atoms with Gasteiger partial charge in [-0.3, -0.25) is 9.59 Å². The molecule has 0 bridgehead atoms. The number of hydrogen-bond donors (Lipinski definition) is 3. The molecule has 0 saturated carbocycles. The van der Waals surface area contributed by atoms with Crippen LogP contribution in [0.4, 0.5) is 0 Å². The van der Waals surface area contributed by atoms with E-state index in [4.69, 9.17) is 4.74 Å². The number of rotatable bonds is 84. The van der Waals surface area contributed by atoms with Crippen LogP contribution in [0.5, 0.6) is 0 Å². The largest absolute Gasteiger partial charge is 0.466 e. The highest BCUT2D eigenvalue weighted by Crippen LogP contribution is 2.21. The van der Waals surface area contributed by atoms with Crippen LogP contribution in [-0.4, -0.2) is 47.4 Å². The van der Waals surface area contributed by atoms with Gasteiger partial charge in [0.2, 0.25) is 5.91 Å². The fourth-order valence-corrected chi connectivity index (χ4v) is 14.4. The molecule has 0 spiro atoms. The molecule has 2 unspecified atom stereocenters. The summed E-state index contributed by atoms with van der Waals surface area (Å²) in [5.74, 6) is -0.00481. The molecule has 0 aliphatic heterocycles. The van der Waals surface area contributed by atoms with E-state index in [2.05, 4.69) is 31.3 Å². The predicted molar refractivity (Wildman–Crippen MR) is 417 cm³/mol. The van der Waals surface area contributed by atoms with Gasteiger partial charge in [0.05, 0.1) is 25.4 Å². The van der Waals surface area contributed by atoms with Crippen LogP contribution in [0.1, 0.15) is 515 Å². The second-order valence-electron chi connectivity index (χ2n) is 30.6. The summed E-state index contributed by atoms with van der Waals surface area (Å²) in [6.45, 7) is 5.01. The lowest BCUT2D eigenvalue weighted by atomic mass is 10.0. The van der Waals surface area contributed by atoms with Crippen molar-refractivity contribution in [2.45, 2.75) is 527 Å². The number of allylic oxidation sites excluding steroid dienone is 2. The van der Waals surface area contributed by atoms with Crippen LogP contribution in [0, 0.1) is 0 Å². The lowest BCUT2D eigenvalue weighted by molar-refractivity contribution is -0.143. The van der Waals surface area contributed by atoms with Crippen molar-refractivity contribution in [1.29, 1.82) is 0 Å². The summed E-state index contributed by atoms with van der Waals surface area (Å²) in [6, 6.07) is -0.537. The number of ether oxygens (including phenoxy) is 1. The van der Waals surface area contributed by atoms with Gasteiger partial charge >= 0.3 is 5.97 Å². The molecule has 3 N–H and O–H groups in total. The molecule has 560 valence electrons. The standard InChI is InChI=1S/C88H173NO5/c1-3-5-7-9-11-13-15-17-19-20-21-22-40-43-46-49-53-56-60-64-68-72-76-80-86(91)85(84-90)89-87(92)81-77-73-69-65-61-57-54-50-47-44-41-38-36-34-32-30-28-26-24-23-25-27-29-31-33-35-37-39-42-45-48-51-55-59-63-67-71-75-79-83-94-88(93)82-78-74-70-66-62-58-52-18-16-14-12-10-8-6-4-2/h18,52,85-86,90-91H,3-17,19-51,53-84H2,1-2H3,(H,89,92)/b52-18-. The lowest BCUT2D eigenvalue weighted by Gasteiger charge is -2.22. The highest BCUT2D eigenvalue weighted by molar-refractivity contribution is 5.76. The number of amides is 1. The Hall–Kier alpha value is -1.40. The van der Waals surface area contributed by atoms with Crippen LogP contribution in [0.15, 0.2) is 12.2 Å². The lowest BCUT2D eigenvalue weighted by Crippen LogP contribution is -2.45. The Labute approximate surface area is 590 Å². The van der Waals surface area contributed by atoms with Crippen molar-refractivity contribution in [2.75, 3.05) is 13.2 Å². The SMILES string of the molecule is CCCCCCCC/C=C\CCCCCCCC(=O)OCCCCCCCCCCCCCCCCCCCCCCCCCCCCCCCCCCCCCCCCCC(=O)NC(CO)C(O)CCCCCCCCCCCCCCCCCCCCCCCCC. The Morgan fingerprint density at radius 2 is 0.500 bits per heavy atom. The highest BCUT2D eigenvalue weighted by atomic mass is 16.5. The summed E-state index contributed by atoms with van der Waals surface area (Å²) in [5.41, 5.74) is 0. The number of nitrogens with one attached hydrogen (secondary N) is 1. The molecule has 0 aliphatic carbocycles. The molecule has 0 radical (unpaired) electrons. The van der Waals surface area contributed by atoms with Gasteiger partial charge in [-0.25, -0.2) is 0 Å². The molecule has 0 aliphatic rings. The molecule has 0 aromatic heterocycles. The third-order valence-corrected chi connectivity index (χ3v) is 21.1. The zero-order valence-electron chi connectivity index (χ0n) is 64.5. The zero-order chi connectivity index (χ0) is 67.7. The van der Waals surface area contributed by atoms with Gasteiger partial charge < -0.3 is 20.3 Å². The van der Waals surface area contributed by atoms with Crippen molar-refractivity contribution in [3.63, 3.8) is 0 Å². The number of aliphatic hydroxyl groups is 2. The first-order valence-electron chi connectivity index (χ1n) is 43.9. The maximum atomic E-state index is 12.6. The van der Waals surface area contributed by atoms with Crippen molar-refractivity contribution < 1.29 is 24.5 Å². The summed E-state index contributed by atoms with van der Waals surface area (Å²) in [6.07, 6.45) is 108. The fraction of sp³-hybridized carbons (Fsp3) is 0.955. The predicted octanol–water partition coefficient (Wildman–Crippen LogP) is 29.4. The molecule has 0 aromatic carbocycles. The summed E-state index contributed by atoms with van der Waals surface area (Å²) in [7, 11) is 0. The molecule has 1 amide bonds. The van der Waals surface area contributed by atoms with E-state index in [1.54, 1.807) is 0 Å². The molecule has 94 heavy (non-hydrogen) atoms. The van der Waals surface area contributed by atoms with E-state index >= 15 is 0 Å². The Kier molecular flexibility index (Phi) is 82.8. The number of unbranched alkanes of at least 4 members (excludes halogenated alkanes) is 71. The molecule has 0 saturated heterocycles. The minimum absolute atomic E-state index is 0.0174. The smallest absolute Gasteiger partial charge is 0.305 e. The topological polar surface area (TPSA) is 95.9 Å². The van der Waals surface area contributed by atoms with Gasteiger partial charge in [0.15, 0.2) is 0 Å². The first-order valence-corrected chi connectivity index (χ1v) is 43.9. The third kappa shape index (κ3) is 79.6. The molecular weight excluding hydrogens is 1150 g/mol. The van der Waals surface area contributed by atoms with E-state index in [0.29, 0.717) is 25.9 Å². The Bertz CT molecular complexity index is 1430. The van der Waals surface area contributed by atoms with Crippen LogP contribution in [-0.2, 0) is 14.3 Å². The quantitative estimate of drug-likeness (QED) is 0.0320. The highest BCUT2D eigenvalue weighted by Gasteiger charge is 2.20. The van der Waals surface area contributed by atoms with Crippen LogP contribution < -0.4 is 5.32 Å². The number of hydrogen-bond acceptors (Lipinski definition) is 5. The van der Waals surface area contributed by atoms with Crippen molar-refractivity contribution in [1.82, 2.24) is 5.32 Å². The van der Waals surface area contributed by atoms with E-state index in [9.17, 15) is 19.8 Å². The van der Waals surface area contributed by atoms with Crippen molar-refractivity contribution in [3.05, 3.63) is 12.2 Å². The van der Waals surface area contributed by atoms with E-state index in [-0.39, 0.29) is 18.5 Å². The maximum absolute atomic E-state index is 12.6. The van der Waals surface area contributed by atoms with Crippen molar-refractivity contribution in [2.24, 2.45) is 0 Å². The van der Waals surface area contributed by atoms with Crippen LogP contribution in [0.3, 0.4) is 0 Å². The van der Waals surface area contributed by atoms with E-state index in [0.717, 1.165) is 44.9 Å². The molecule has 0 aromatic rings. The van der Waals surface area contributed by atoms with Gasteiger partial charge in [-0.05, 0) is 51.4 Å². The average Bonchev–Trinajstić information content (AvgIpc) is 3.63. The average molecular weight is 1330 g/mol. The summed E-state index contributed by atoms with van der Waals surface area (Å²) >= 11 is 0.